The number of amides is 1. The smallest absolute Gasteiger partial charge is 0.217 e. The van der Waals surface area contributed by atoms with Gasteiger partial charge in [-0.2, -0.15) is 5.10 Å². The summed E-state index contributed by atoms with van der Waals surface area (Å²) < 4.78 is 0. The Bertz CT molecular complexity index is 326. The van der Waals surface area contributed by atoms with Gasteiger partial charge in [0, 0.05) is 12.8 Å². The maximum absolute atomic E-state index is 10.8. The van der Waals surface area contributed by atoms with E-state index in [0.717, 1.165) is 5.82 Å². The molecule has 16 heavy (non-hydrogen) atoms. The van der Waals surface area contributed by atoms with Crippen LogP contribution in [0.2, 0.25) is 0 Å². The van der Waals surface area contributed by atoms with Crippen molar-refractivity contribution >= 4 is 5.91 Å². The highest BCUT2D eigenvalue weighted by Gasteiger charge is 2.20. The third-order valence-corrected chi connectivity index (χ3v) is 2.50. The van der Waals surface area contributed by atoms with E-state index >= 15 is 0 Å². The SMILES string of the molecule is CC(=O)NC(C)C(O)CC(C)c1ncn[nH]1. The zero-order valence-corrected chi connectivity index (χ0v) is 9.77. The molecule has 1 amide bonds. The summed E-state index contributed by atoms with van der Waals surface area (Å²) >= 11 is 0. The second-order valence-corrected chi connectivity index (χ2v) is 4.06. The highest BCUT2D eigenvalue weighted by molar-refractivity contribution is 5.73. The molecule has 0 aliphatic rings. The fourth-order valence-electron chi connectivity index (χ4n) is 1.55. The number of carbonyl (C=O) groups excluding carboxylic acids is 1. The average Bonchev–Trinajstić information content (AvgIpc) is 2.68. The molecule has 3 atom stereocenters. The minimum absolute atomic E-state index is 0.0775. The van der Waals surface area contributed by atoms with Gasteiger partial charge in [-0.1, -0.05) is 6.92 Å². The zero-order valence-electron chi connectivity index (χ0n) is 9.77. The molecule has 1 heterocycles. The predicted molar refractivity (Wildman–Crippen MR) is 58.7 cm³/mol. The first-order valence-corrected chi connectivity index (χ1v) is 5.31. The lowest BCUT2D eigenvalue weighted by Gasteiger charge is -2.21. The molecule has 90 valence electrons. The summed E-state index contributed by atoms with van der Waals surface area (Å²) in [7, 11) is 0. The Morgan fingerprint density at radius 3 is 2.81 bits per heavy atom. The summed E-state index contributed by atoms with van der Waals surface area (Å²) in [6.07, 6.45) is 1.37. The summed E-state index contributed by atoms with van der Waals surface area (Å²) in [6, 6.07) is -0.261. The lowest BCUT2D eigenvalue weighted by molar-refractivity contribution is -0.120. The number of hydrogen-bond acceptors (Lipinski definition) is 4. The van der Waals surface area contributed by atoms with E-state index in [1.54, 1.807) is 6.92 Å². The van der Waals surface area contributed by atoms with Crippen LogP contribution in [0.15, 0.2) is 6.33 Å². The highest BCUT2D eigenvalue weighted by Crippen LogP contribution is 2.17. The first-order valence-electron chi connectivity index (χ1n) is 5.31. The molecule has 6 heteroatoms. The minimum atomic E-state index is -0.594. The van der Waals surface area contributed by atoms with Gasteiger partial charge < -0.3 is 10.4 Å². The Hall–Kier alpha value is -1.43. The highest BCUT2D eigenvalue weighted by atomic mass is 16.3. The average molecular weight is 226 g/mol. The van der Waals surface area contributed by atoms with Crippen LogP contribution in [0.25, 0.3) is 0 Å². The Labute approximate surface area is 94.5 Å². The fraction of sp³-hybridized carbons (Fsp3) is 0.700. The summed E-state index contributed by atoms with van der Waals surface area (Å²) in [5.41, 5.74) is 0. The predicted octanol–water partition coefficient (Wildman–Crippen LogP) is 0.184. The van der Waals surface area contributed by atoms with E-state index in [2.05, 4.69) is 20.5 Å². The molecule has 0 saturated carbocycles. The molecule has 6 nitrogen and oxygen atoms in total. The first-order chi connectivity index (χ1) is 7.50. The molecule has 3 N–H and O–H groups in total. The van der Waals surface area contributed by atoms with Crippen molar-refractivity contribution in [1.82, 2.24) is 20.5 Å². The molecule has 0 fully saturated rings. The van der Waals surface area contributed by atoms with Gasteiger partial charge in [0.15, 0.2) is 0 Å². The molecule has 0 aromatic carbocycles. The van der Waals surface area contributed by atoms with Gasteiger partial charge in [-0.15, -0.1) is 0 Å². The molecule has 3 unspecified atom stereocenters. The second-order valence-electron chi connectivity index (χ2n) is 4.06. The van der Waals surface area contributed by atoms with E-state index in [0.29, 0.717) is 6.42 Å². The molecule has 0 radical (unpaired) electrons. The number of aliphatic hydroxyl groups is 1. The molecule has 0 aliphatic heterocycles. The lowest BCUT2D eigenvalue weighted by Crippen LogP contribution is -2.40. The fourth-order valence-corrected chi connectivity index (χ4v) is 1.55. The van der Waals surface area contributed by atoms with Crippen LogP contribution in [0, 0.1) is 0 Å². The van der Waals surface area contributed by atoms with Gasteiger partial charge in [0.1, 0.15) is 12.2 Å². The quantitative estimate of drug-likeness (QED) is 0.668. The number of aromatic nitrogens is 3. The van der Waals surface area contributed by atoms with Crippen molar-refractivity contribution < 1.29 is 9.90 Å². The topological polar surface area (TPSA) is 90.9 Å². The van der Waals surface area contributed by atoms with Crippen molar-refractivity contribution in [3.8, 4) is 0 Å². The van der Waals surface area contributed by atoms with Crippen LogP contribution < -0.4 is 5.32 Å². The van der Waals surface area contributed by atoms with E-state index in [-0.39, 0.29) is 17.9 Å². The molecule has 1 aromatic rings. The van der Waals surface area contributed by atoms with Crippen molar-refractivity contribution in [2.45, 2.75) is 45.3 Å². The number of aliphatic hydroxyl groups excluding tert-OH is 1. The number of nitrogens with zero attached hydrogens (tertiary/aromatic N) is 2. The van der Waals surface area contributed by atoms with Crippen LogP contribution in [0.5, 0.6) is 0 Å². The third kappa shape index (κ3) is 3.62. The number of hydrogen-bond donors (Lipinski definition) is 3. The number of nitrogens with one attached hydrogen (secondary N) is 2. The van der Waals surface area contributed by atoms with Gasteiger partial charge in [-0.25, -0.2) is 4.98 Å². The van der Waals surface area contributed by atoms with E-state index in [4.69, 9.17) is 0 Å². The lowest BCUT2D eigenvalue weighted by atomic mass is 9.99. The molecule has 0 aliphatic carbocycles. The van der Waals surface area contributed by atoms with Crippen LogP contribution >= 0.6 is 0 Å². The van der Waals surface area contributed by atoms with E-state index < -0.39 is 6.10 Å². The van der Waals surface area contributed by atoms with Crippen LogP contribution in [0.1, 0.15) is 38.9 Å². The summed E-state index contributed by atoms with van der Waals surface area (Å²) in [5.74, 6) is 0.682. The van der Waals surface area contributed by atoms with Crippen LogP contribution in [-0.2, 0) is 4.79 Å². The monoisotopic (exact) mass is 226 g/mol. The van der Waals surface area contributed by atoms with Gasteiger partial charge >= 0.3 is 0 Å². The van der Waals surface area contributed by atoms with Gasteiger partial charge in [-0.3, -0.25) is 9.89 Å². The van der Waals surface area contributed by atoms with Gasteiger partial charge in [0.25, 0.3) is 0 Å². The minimum Gasteiger partial charge on any atom is -0.391 e. The van der Waals surface area contributed by atoms with Crippen molar-refractivity contribution in [3.05, 3.63) is 12.2 Å². The molecule has 0 spiro atoms. The van der Waals surface area contributed by atoms with Crippen molar-refractivity contribution in [2.24, 2.45) is 0 Å². The third-order valence-electron chi connectivity index (χ3n) is 2.50. The van der Waals surface area contributed by atoms with Gasteiger partial charge in [-0.05, 0) is 13.3 Å². The first kappa shape index (κ1) is 12.6. The Kier molecular flexibility index (Phi) is 4.42. The Morgan fingerprint density at radius 1 is 1.62 bits per heavy atom. The molecule has 0 saturated heterocycles. The van der Waals surface area contributed by atoms with Crippen molar-refractivity contribution in [3.63, 3.8) is 0 Å². The number of rotatable bonds is 5. The van der Waals surface area contributed by atoms with Crippen LogP contribution in [0.4, 0.5) is 0 Å². The standard InChI is InChI=1S/C10H18N4O2/c1-6(10-11-5-12-14-10)4-9(16)7(2)13-8(3)15/h5-7,9,16H,4H2,1-3H3,(H,13,15)(H,11,12,14). The van der Waals surface area contributed by atoms with Crippen LogP contribution in [0.3, 0.4) is 0 Å². The second kappa shape index (κ2) is 5.60. The Balaban J connectivity index is 2.44. The van der Waals surface area contributed by atoms with Crippen molar-refractivity contribution in [1.29, 1.82) is 0 Å². The largest absolute Gasteiger partial charge is 0.391 e. The van der Waals surface area contributed by atoms with E-state index in [1.807, 2.05) is 6.92 Å². The Morgan fingerprint density at radius 2 is 2.31 bits per heavy atom. The summed E-state index contributed by atoms with van der Waals surface area (Å²) in [4.78, 5) is 14.8. The molecule has 1 rings (SSSR count). The normalized spacial score (nSPS) is 16.5. The maximum Gasteiger partial charge on any atom is 0.217 e. The number of carbonyl (C=O) groups is 1. The van der Waals surface area contributed by atoms with Gasteiger partial charge in [0.05, 0.1) is 12.1 Å². The zero-order chi connectivity index (χ0) is 12.1. The van der Waals surface area contributed by atoms with E-state index in [9.17, 15) is 9.90 Å². The summed E-state index contributed by atoms with van der Waals surface area (Å²) in [5, 5.41) is 19.0. The molecular formula is C10H18N4O2. The van der Waals surface area contributed by atoms with E-state index in [1.165, 1.54) is 13.3 Å². The number of H-pyrrole nitrogens is 1. The van der Waals surface area contributed by atoms with Gasteiger partial charge in [0.2, 0.25) is 5.91 Å². The van der Waals surface area contributed by atoms with Crippen LogP contribution in [-0.4, -0.2) is 38.3 Å². The van der Waals surface area contributed by atoms with Crippen molar-refractivity contribution in [2.75, 3.05) is 0 Å². The molecule has 0 bridgehead atoms. The molecular weight excluding hydrogens is 208 g/mol. The number of aromatic amines is 1. The molecule has 1 aromatic heterocycles. The maximum atomic E-state index is 10.8. The summed E-state index contributed by atoms with van der Waals surface area (Å²) in [6.45, 7) is 5.16.